The number of para-hydroxylation sites is 1. The summed E-state index contributed by atoms with van der Waals surface area (Å²) in [5.74, 6) is 0.675. The van der Waals surface area contributed by atoms with Crippen molar-refractivity contribution in [2.75, 3.05) is 0 Å². The van der Waals surface area contributed by atoms with Crippen LogP contribution in [0.3, 0.4) is 0 Å². The molecule has 2 aliphatic rings. The van der Waals surface area contributed by atoms with Crippen molar-refractivity contribution in [2.45, 2.75) is 19.4 Å². The van der Waals surface area contributed by atoms with Gasteiger partial charge < -0.3 is 4.74 Å². The fraction of sp³-hybridized carbons (Fsp3) is 0.214. The van der Waals surface area contributed by atoms with E-state index in [4.69, 9.17) is 4.74 Å². The highest BCUT2D eigenvalue weighted by molar-refractivity contribution is 5.76. The number of allylic oxidation sites excluding steroid dienone is 3. The molecule has 3 nitrogen and oxygen atoms in total. The van der Waals surface area contributed by atoms with Crippen molar-refractivity contribution in [3.63, 3.8) is 0 Å². The van der Waals surface area contributed by atoms with Gasteiger partial charge >= 0.3 is 6.09 Å². The van der Waals surface area contributed by atoms with Crippen LogP contribution in [0, 0.1) is 0 Å². The fourth-order valence-electron chi connectivity index (χ4n) is 2.11. The molecule has 1 aliphatic carbocycles. The summed E-state index contributed by atoms with van der Waals surface area (Å²) in [6.45, 7) is 0.588. The van der Waals surface area contributed by atoms with E-state index in [1.807, 2.05) is 30.3 Å². The number of carbonyl (C=O) groups is 1. The fourth-order valence-corrected chi connectivity index (χ4v) is 2.11. The van der Waals surface area contributed by atoms with Crippen LogP contribution in [0.2, 0.25) is 0 Å². The van der Waals surface area contributed by atoms with Crippen LogP contribution in [0.25, 0.3) is 0 Å². The first-order chi connectivity index (χ1) is 8.34. The first kappa shape index (κ1) is 10.1. The van der Waals surface area contributed by atoms with Gasteiger partial charge in [-0.05, 0) is 25.0 Å². The normalized spacial score (nSPS) is 18.5. The SMILES string of the molecule is O=C1Oc2ccccc2CN1C1=CCCC=C1. The molecule has 0 unspecified atom stereocenters. The molecule has 0 N–H and O–H groups in total. The largest absolute Gasteiger partial charge is 0.420 e. The van der Waals surface area contributed by atoms with Gasteiger partial charge in [0.1, 0.15) is 5.75 Å². The molecular weight excluding hydrogens is 214 g/mol. The predicted molar refractivity (Wildman–Crippen MR) is 64.5 cm³/mol. The number of carbonyl (C=O) groups excluding carboxylic acids is 1. The number of amides is 1. The molecule has 0 fully saturated rings. The van der Waals surface area contributed by atoms with Crippen LogP contribution in [-0.2, 0) is 6.54 Å². The lowest BCUT2D eigenvalue weighted by molar-refractivity contribution is 0.154. The Kier molecular flexibility index (Phi) is 2.44. The lowest BCUT2D eigenvalue weighted by Crippen LogP contribution is -2.36. The summed E-state index contributed by atoms with van der Waals surface area (Å²) in [7, 11) is 0. The molecular formula is C14H13NO2. The van der Waals surface area contributed by atoms with Gasteiger partial charge in [0.15, 0.2) is 0 Å². The minimum absolute atomic E-state index is 0.290. The smallest absolute Gasteiger partial charge is 0.410 e. The molecule has 1 aromatic carbocycles. The highest BCUT2D eigenvalue weighted by Gasteiger charge is 2.26. The van der Waals surface area contributed by atoms with Gasteiger partial charge in [-0.1, -0.05) is 30.4 Å². The molecule has 1 aromatic rings. The van der Waals surface area contributed by atoms with E-state index in [9.17, 15) is 4.79 Å². The van der Waals surface area contributed by atoms with Gasteiger partial charge in [-0.15, -0.1) is 0 Å². The summed E-state index contributed by atoms with van der Waals surface area (Å²) in [6.07, 6.45) is 7.89. The summed E-state index contributed by atoms with van der Waals surface area (Å²) in [5, 5.41) is 0. The van der Waals surface area contributed by atoms with Gasteiger partial charge in [0.05, 0.1) is 6.54 Å². The van der Waals surface area contributed by atoms with Crippen LogP contribution in [0.1, 0.15) is 18.4 Å². The molecule has 86 valence electrons. The Morgan fingerprint density at radius 2 is 2.06 bits per heavy atom. The number of hydrogen-bond acceptors (Lipinski definition) is 2. The topological polar surface area (TPSA) is 29.5 Å². The zero-order chi connectivity index (χ0) is 11.7. The van der Waals surface area contributed by atoms with E-state index in [2.05, 4.69) is 12.2 Å². The van der Waals surface area contributed by atoms with Crippen LogP contribution in [0.5, 0.6) is 5.75 Å². The Morgan fingerprint density at radius 3 is 2.88 bits per heavy atom. The van der Waals surface area contributed by atoms with Crippen LogP contribution < -0.4 is 4.74 Å². The lowest BCUT2D eigenvalue weighted by atomic mass is 10.1. The van der Waals surface area contributed by atoms with Crippen molar-refractivity contribution in [3.05, 3.63) is 53.8 Å². The van der Waals surface area contributed by atoms with E-state index in [0.717, 1.165) is 24.1 Å². The molecule has 3 rings (SSSR count). The maximum Gasteiger partial charge on any atom is 0.420 e. The van der Waals surface area contributed by atoms with E-state index in [-0.39, 0.29) is 6.09 Å². The van der Waals surface area contributed by atoms with E-state index in [1.54, 1.807) is 4.90 Å². The Hall–Kier alpha value is -2.03. The second kappa shape index (κ2) is 4.09. The third kappa shape index (κ3) is 1.84. The number of ether oxygens (including phenoxy) is 1. The molecule has 1 heterocycles. The van der Waals surface area contributed by atoms with Gasteiger partial charge in [-0.2, -0.15) is 0 Å². The van der Waals surface area contributed by atoms with E-state index >= 15 is 0 Å². The molecule has 1 amide bonds. The molecule has 0 saturated carbocycles. The first-order valence-electron chi connectivity index (χ1n) is 5.78. The van der Waals surface area contributed by atoms with Gasteiger partial charge in [0.2, 0.25) is 0 Å². The number of fused-ring (bicyclic) bond motifs is 1. The molecule has 3 heteroatoms. The Labute approximate surface area is 100.0 Å². The predicted octanol–water partition coefficient (Wildman–Crippen LogP) is 3.23. The quantitative estimate of drug-likeness (QED) is 0.737. The average Bonchev–Trinajstić information content (AvgIpc) is 2.39. The van der Waals surface area contributed by atoms with Crippen LogP contribution in [-0.4, -0.2) is 11.0 Å². The average molecular weight is 227 g/mol. The summed E-state index contributed by atoms with van der Waals surface area (Å²) in [6, 6.07) is 7.65. The molecule has 17 heavy (non-hydrogen) atoms. The summed E-state index contributed by atoms with van der Waals surface area (Å²) in [4.78, 5) is 13.6. The van der Waals surface area contributed by atoms with Crippen molar-refractivity contribution in [3.8, 4) is 5.75 Å². The molecule has 0 aromatic heterocycles. The van der Waals surface area contributed by atoms with E-state index < -0.39 is 0 Å². The molecule has 1 aliphatic heterocycles. The van der Waals surface area contributed by atoms with Crippen LogP contribution >= 0.6 is 0 Å². The molecule has 0 radical (unpaired) electrons. The van der Waals surface area contributed by atoms with Crippen molar-refractivity contribution in [2.24, 2.45) is 0 Å². The van der Waals surface area contributed by atoms with Gasteiger partial charge in [-0.25, -0.2) is 4.79 Å². The number of benzene rings is 1. The minimum Gasteiger partial charge on any atom is -0.410 e. The first-order valence-corrected chi connectivity index (χ1v) is 5.78. The molecule has 0 atom stereocenters. The maximum absolute atomic E-state index is 11.9. The summed E-state index contributed by atoms with van der Waals surface area (Å²) in [5.41, 5.74) is 1.99. The second-order valence-corrected chi connectivity index (χ2v) is 4.17. The highest BCUT2D eigenvalue weighted by Crippen LogP contribution is 2.28. The maximum atomic E-state index is 11.9. The van der Waals surface area contributed by atoms with Crippen molar-refractivity contribution < 1.29 is 9.53 Å². The van der Waals surface area contributed by atoms with Crippen molar-refractivity contribution >= 4 is 6.09 Å². The third-order valence-electron chi connectivity index (χ3n) is 3.01. The Balaban J connectivity index is 1.92. The van der Waals surface area contributed by atoms with Crippen molar-refractivity contribution in [1.29, 1.82) is 0 Å². The van der Waals surface area contributed by atoms with Gasteiger partial charge in [-0.3, -0.25) is 4.90 Å². The molecule has 0 saturated heterocycles. The second-order valence-electron chi connectivity index (χ2n) is 4.17. The number of nitrogens with zero attached hydrogens (tertiary/aromatic N) is 1. The summed E-state index contributed by atoms with van der Waals surface area (Å²) < 4.78 is 5.31. The third-order valence-corrected chi connectivity index (χ3v) is 3.01. The Morgan fingerprint density at radius 1 is 1.18 bits per heavy atom. The number of hydrogen-bond donors (Lipinski definition) is 0. The molecule has 0 spiro atoms. The summed E-state index contributed by atoms with van der Waals surface area (Å²) >= 11 is 0. The van der Waals surface area contributed by atoms with E-state index in [1.165, 1.54) is 0 Å². The van der Waals surface area contributed by atoms with Gasteiger partial charge in [0.25, 0.3) is 0 Å². The van der Waals surface area contributed by atoms with Crippen LogP contribution in [0.4, 0.5) is 4.79 Å². The van der Waals surface area contributed by atoms with Crippen LogP contribution in [0.15, 0.2) is 48.2 Å². The highest BCUT2D eigenvalue weighted by atomic mass is 16.6. The standard InChI is InChI=1S/C14H13NO2/c16-14-15(12-7-2-1-3-8-12)10-11-6-4-5-9-13(11)17-14/h2,4-9H,1,3,10H2. The van der Waals surface area contributed by atoms with E-state index in [0.29, 0.717) is 12.3 Å². The molecule has 0 bridgehead atoms. The lowest BCUT2D eigenvalue weighted by Gasteiger charge is -2.29. The van der Waals surface area contributed by atoms with Gasteiger partial charge in [0, 0.05) is 11.3 Å². The van der Waals surface area contributed by atoms with Crippen molar-refractivity contribution in [1.82, 2.24) is 4.90 Å². The Bertz CT molecular complexity index is 517. The number of rotatable bonds is 1. The monoisotopic (exact) mass is 227 g/mol. The zero-order valence-corrected chi connectivity index (χ0v) is 9.43. The minimum atomic E-state index is -0.290. The zero-order valence-electron chi connectivity index (χ0n) is 9.43.